The topological polar surface area (TPSA) is 177 Å². The monoisotopic (exact) mass is 318 g/mol. The van der Waals surface area contributed by atoms with Gasteiger partial charge in [0.2, 0.25) is 5.91 Å². The molecule has 0 aromatic rings. The Morgan fingerprint density at radius 2 is 1.82 bits per heavy atom. The highest BCUT2D eigenvalue weighted by atomic mass is 16.4. The van der Waals surface area contributed by atoms with Crippen molar-refractivity contribution in [3.63, 3.8) is 0 Å². The number of nitrogens with zero attached hydrogens (tertiary/aromatic N) is 1. The standard InChI is InChI=1S/C11H18N4O7/c1-12-2-8(18)15-11(6-16,10(21)22)5-13-3-7(17)14-4-9(19)20/h2,13,16H,3-6H2,1H3,(H,14,17)(H,15,18)(H,19,20)(H,21,22). The minimum atomic E-state index is -2.04. The smallest absolute Gasteiger partial charge is 0.333 e. The minimum Gasteiger partial charge on any atom is -0.480 e. The number of rotatable bonds is 10. The van der Waals surface area contributed by atoms with Crippen molar-refractivity contribution in [1.82, 2.24) is 16.0 Å². The lowest BCUT2D eigenvalue weighted by atomic mass is 10.0. The lowest BCUT2D eigenvalue weighted by molar-refractivity contribution is -0.148. The van der Waals surface area contributed by atoms with Gasteiger partial charge in [0, 0.05) is 13.6 Å². The van der Waals surface area contributed by atoms with Crippen LogP contribution < -0.4 is 16.0 Å². The molecule has 0 aliphatic heterocycles. The van der Waals surface area contributed by atoms with Crippen LogP contribution >= 0.6 is 0 Å². The molecule has 0 heterocycles. The Hall–Kier alpha value is -2.53. The fraction of sp³-hybridized carbons (Fsp3) is 0.545. The first-order valence-corrected chi connectivity index (χ1v) is 6.05. The van der Waals surface area contributed by atoms with Crippen molar-refractivity contribution in [2.24, 2.45) is 4.99 Å². The van der Waals surface area contributed by atoms with Gasteiger partial charge >= 0.3 is 11.9 Å². The van der Waals surface area contributed by atoms with Crippen LogP contribution in [0, 0.1) is 0 Å². The van der Waals surface area contributed by atoms with E-state index in [-0.39, 0.29) is 6.54 Å². The summed E-state index contributed by atoms with van der Waals surface area (Å²) in [5.74, 6) is -4.24. The molecule has 1 unspecified atom stereocenters. The lowest BCUT2D eigenvalue weighted by Gasteiger charge is -2.28. The maximum atomic E-state index is 11.4. The minimum absolute atomic E-state index is 0.389. The van der Waals surface area contributed by atoms with Crippen molar-refractivity contribution >= 4 is 30.0 Å². The lowest BCUT2D eigenvalue weighted by Crippen LogP contribution is -2.63. The first-order chi connectivity index (χ1) is 10.3. The van der Waals surface area contributed by atoms with E-state index in [0.29, 0.717) is 0 Å². The average molecular weight is 318 g/mol. The van der Waals surface area contributed by atoms with Gasteiger partial charge in [-0.05, 0) is 0 Å². The summed E-state index contributed by atoms with van der Waals surface area (Å²) in [6.45, 7) is -2.34. The Morgan fingerprint density at radius 3 is 2.27 bits per heavy atom. The second-order valence-electron chi connectivity index (χ2n) is 4.20. The highest BCUT2D eigenvalue weighted by Gasteiger charge is 2.39. The summed E-state index contributed by atoms with van der Waals surface area (Å²) in [5.41, 5.74) is -2.04. The highest BCUT2D eigenvalue weighted by Crippen LogP contribution is 2.03. The largest absolute Gasteiger partial charge is 0.480 e. The zero-order valence-corrected chi connectivity index (χ0v) is 11.8. The molecular weight excluding hydrogens is 300 g/mol. The third-order valence-electron chi connectivity index (χ3n) is 2.44. The van der Waals surface area contributed by atoms with E-state index in [1.807, 2.05) is 0 Å². The summed E-state index contributed by atoms with van der Waals surface area (Å²) in [6.07, 6.45) is 0.840. The van der Waals surface area contributed by atoms with E-state index in [9.17, 15) is 24.3 Å². The molecule has 1 atom stereocenters. The number of aliphatic imine (C=N–C) groups is 1. The molecule has 0 fully saturated rings. The Morgan fingerprint density at radius 1 is 1.18 bits per heavy atom. The van der Waals surface area contributed by atoms with Gasteiger partial charge in [-0.15, -0.1) is 0 Å². The van der Waals surface area contributed by atoms with Crippen LogP contribution in [-0.2, 0) is 19.2 Å². The number of aliphatic hydroxyl groups excluding tert-OH is 1. The van der Waals surface area contributed by atoms with E-state index in [2.05, 4.69) is 20.9 Å². The number of hydrogen-bond donors (Lipinski definition) is 6. The summed E-state index contributed by atoms with van der Waals surface area (Å²) in [5, 5.41) is 33.3. The van der Waals surface area contributed by atoms with Gasteiger partial charge in [-0.3, -0.25) is 19.4 Å². The van der Waals surface area contributed by atoms with Gasteiger partial charge in [-0.2, -0.15) is 0 Å². The van der Waals surface area contributed by atoms with Crippen LogP contribution in [0.3, 0.4) is 0 Å². The Kier molecular flexibility index (Phi) is 8.33. The number of nitrogens with one attached hydrogen (secondary N) is 3. The number of carbonyl (C=O) groups is 4. The second kappa shape index (κ2) is 9.41. The van der Waals surface area contributed by atoms with E-state index >= 15 is 0 Å². The van der Waals surface area contributed by atoms with Crippen LogP contribution in [0.25, 0.3) is 0 Å². The summed E-state index contributed by atoms with van der Waals surface area (Å²) < 4.78 is 0. The molecule has 2 amide bonds. The fourth-order valence-corrected chi connectivity index (χ4v) is 1.35. The maximum absolute atomic E-state index is 11.4. The van der Waals surface area contributed by atoms with Crippen LogP contribution in [0.1, 0.15) is 0 Å². The van der Waals surface area contributed by atoms with Crippen LogP contribution in [0.4, 0.5) is 0 Å². The van der Waals surface area contributed by atoms with Crippen molar-refractivity contribution in [3.8, 4) is 0 Å². The van der Waals surface area contributed by atoms with Crippen molar-refractivity contribution in [2.75, 3.05) is 33.3 Å². The molecule has 0 radical (unpaired) electrons. The van der Waals surface area contributed by atoms with Gasteiger partial charge in [0.1, 0.15) is 6.54 Å². The molecule has 0 aliphatic carbocycles. The number of carboxylic acid groups (broad SMARTS) is 2. The van der Waals surface area contributed by atoms with Crippen molar-refractivity contribution in [3.05, 3.63) is 0 Å². The predicted molar refractivity (Wildman–Crippen MR) is 73.5 cm³/mol. The number of carboxylic acids is 2. The fourth-order valence-electron chi connectivity index (χ4n) is 1.35. The van der Waals surface area contributed by atoms with E-state index in [4.69, 9.17) is 10.2 Å². The van der Waals surface area contributed by atoms with E-state index < -0.39 is 49.0 Å². The van der Waals surface area contributed by atoms with Crippen LogP contribution in [0.15, 0.2) is 4.99 Å². The molecule has 0 aliphatic rings. The first kappa shape index (κ1) is 19.5. The molecule has 11 heteroatoms. The molecule has 0 saturated carbocycles. The van der Waals surface area contributed by atoms with Gasteiger partial charge in [0.25, 0.3) is 5.91 Å². The highest BCUT2D eigenvalue weighted by molar-refractivity contribution is 6.27. The molecule has 0 aromatic heterocycles. The molecule has 0 bridgehead atoms. The molecule has 0 saturated heterocycles. The molecule has 22 heavy (non-hydrogen) atoms. The first-order valence-electron chi connectivity index (χ1n) is 6.05. The molecule has 6 N–H and O–H groups in total. The Labute approximate surface area is 125 Å². The summed E-state index contributed by atoms with van der Waals surface area (Å²) in [6, 6.07) is 0. The normalized spacial score (nSPS) is 13.4. The van der Waals surface area contributed by atoms with Gasteiger partial charge in [-0.1, -0.05) is 0 Å². The maximum Gasteiger partial charge on any atom is 0.333 e. The molecule has 124 valence electrons. The summed E-state index contributed by atoms with van der Waals surface area (Å²) in [4.78, 5) is 47.6. The zero-order valence-electron chi connectivity index (χ0n) is 11.8. The number of amides is 2. The molecule has 0 aromatic carbocycles. The van der Waals surface area contributed by atoms with E-state index in [0.717, 1.165) is 6.21 Å². The average Bonchev–Trinajstić information content (AvgIpc) is 2.43. The van der Waals surface area contributed by atoms with Crippen LogP contribution in [0.2, 0.25) is 0 Å². The molecule has 11 nitrogen and oxygen atoms in total. The Bertz CT molecular complexity index is 465. The third kappa shape index (κ3) is 6.76. The number of aliphatic carboxylic acids is 2. The quantitative estimate of drug-likeness (QED) is 0.224. The van der Waals surface area contributed by atoms with Gasteiger partial charge in [0.15, 0.2) is 5.54 Å². The summed E-state index contributed by atoms with van der Waals surface area (Å²) in [7, 11) is 1.31. The molecule has 0 rings (SSSR count). The van der Waals surface area contributed by atoms with E-state index in [1.165, 1.54) is 7.05 Å². The van der Waals surface area contributed by atoms with E-state index in [1.54, 1.807) is 0 Å². The Balaban J connectivity index is 4.60. The summed E-state index contributed by atoms with van der Waals surface area (Å²) >= 11 is 0. The predicted octanol–water partition coefficient (Wildman–Crippen LogP) is -3.59. The van der Waals surface area contributed by atoms with Gasteiger partial charge in [-0.25, -0.2) is 4.79 Å². The third-order valence-corrected chi connectivity index (χ3v) is 2.44. The number of carbonyl (C=O) groups excluding carboxylic acids is 2. The molecular formula is C11H18N4O7. The zero-order chi connectivity index (χ0) is 17.2. The number of aliphatic hydroxyl groups is 1. The SMILES string of the molecule is CN=CC(=O)NC(CO)(CNCC(=O)NCC(=O)O)C(=O)O. The van der Waals surface area contributed by atoms with Crippen molar-refractivity contribution in [1.29, 1.82) is 0 Å². The van der Waals surface area contributed by atoms with Gasteiger partial charge in [0.05, 0.1) is 19.4 Å². The molecule has 0 spiro atoms. The second-order valence-corrected chi connectivity index (χ2v) is 4.20. The van der Waals surface area contributed by atoms with Crippen LogP contribution in [0.5, 0.6) is 0 Å². The van der Waals surface area contributed by atoms with Crippen molar-refractivity contribution < 1.29 is 34.5 Å². The van der Waals surface area contributed by atoms with Crippen molar-refractivity contribution in [2.45, 2.75) is 5.54 Å². The number of hydrogen-bond acceptors (Lipinski definition) is 7. The van der Waals surface area contributed by atoms with Gasteiger partial charge < -0.3 is 31.3 Å². The van der Waals surface area contributed by atoms with Crippen LogP contribution in [-0.4, -0.2) is 84.1 Å².